The van der Waals surface area contributed by atoms with Gasteiger partial charge in [-0.2, -0.15) is 0 Å². The van der Waals surface area contributed by atoms with Crippen LogP contribution < -0.4 is 5.32 Å². The van der Waals surface area contributed by atoms with Gasteiger partial charge in [0.1, 0.15) is 5.54 Å². The molecule has 5 nitrogen and oxygen atoms in total. The molecule has 104 valence electrons. The molecule has 0 aromatic rings. The van der Waals surface area contributed by atoms with Gasteiger partial charge in [0.25, 0.3) is 0 Å². The van der Waals surface area contributed by atoms with Crippen LogP contribution in [0.5, 0.6) is 0 Å². The highest BCUT2D eigenvalue weighted by molar-refractivity contribution is 5.84. The van der Waals surface area contributed by atoms with Crippen LogP contribution in [0.2, 0.25) is 0 Å². The highest BCUT2D eigenvalue weighted by Crippen LogP contribution is 2.31. The topological polar surface area (TPSA) is 69.6 Å². The molecule has 1 fully saturated rings. The largest absolute Gasteiger partial charge is 0.480 e. The normalized spacial score (nSPS) is 26.9. The highest BCUT2D eigenvalue weighted by Gasteiger charge is 2.47. The molecule has 2 unspecified atom stereocenters. The third kappa shape index (κ3) is 3.02. The lowest BCUT2D eigenvalue weighted by Crippen LogP contribution is -2.58. The van der Waals surface area contributed by atoms with Crippen molar-refractivity contribution in [3.8, 4) is 0 Å². The quantitative estimate of drug-likeness (QED) is 0.797. The zero-order valence-corrected chi connectivity index (χ0v) is 11.9. The van der Waals surface area contributed by atoms with Gasteiger partial charge >= 0.3 is 5.97 Å². The van der Waals surface area contributed by atoms with E-state index in [9.17, 15) is 14.7 Å². The number of carboxylic acids is 1. The van der Waals surface area contributed by atoms with E-state index in [0.29, 0.717) is 13.0 Å². The minimum absolute atomic E-state index is 0.114. The van der Waals surface area contributed by atoms with Gasteiger partial charge < -0.3 is 10.4 Å². The Morgan fingerprint density at radius 2 is 1.94 bits per heavy atom. The first-order valence-electron chi connectivity index (χ1n) is 6.40. The van der Waals surface area contributed by atoms with Crippen LogP contribution in [0.4, 0.5) is 0 Å². The smallest absolute Gasteiger partial charge is 0.323 e. The van der Waals surface area contributed by atoms with Crippen LogP contribution in [-0.4, -0.2) is 45.5 Å². The number of nitrogens with one attached hydrogen (secondary N) is 1. The third-order valence-electron chi connectivity index (χ3n) is 3.50. The zero-order chi connectivity index (χ0) is 14.1. The second-order valence-electron chi connectivity index (χ2n) is 6.29. The lowest BCUT2D eigenvalue weighted by molar-refractivity contribution is -0.151. The number of nitrogens with zero attached hydrogens (tertiary/aromatic N) is 1. The number of hydrogen-bond acceptors (Lipinski definition) is 3. The van der Waals surface area contributed by atoms with Gasteiger partial charge in [-0.1, -0.05) is 0 Å². The molecule has 0 spiro atoms. The van der Waals surface area contributed by atoms with Gasteiger partial charge in [0.05, 0.1) is 6.04 Å². The van der Waals surface area contributed by atoms with Gasteiger partial charge in [0.15, 0.2) is 0 Å². The second kappa shape index (κ2) is 4.88. The Hall–Kier alpha value is -1.10. The fourth-order valence-electron chi connectivity index (χ4n) is 2.45. The summed E-state index contributed by atoms with van der Waals surface area (Å²) in [6, 6.07) is -0.423. The number of carbonyl (C=O) groups is 2. The molecule has 1 rings (SSSR count). The summed E-state index contributed by atoms with van der Waals surface area (Å²) in [5.41, 5.74) is -1.22. The summed E-state index contributed by atoms with van der Waals surface area (Å²) >= 11 is 0. The van der Waals surface area contributed by atoms with Gasteiger partial charge in [-0.3, -0.25) is 14.5 Å². The Kier molecular flexibility index (Phi) is 4.05. The van der Waals surface area contributed by atoms with Crippen molar-refractivity contribution in [3.05, 3.63) is 0 Å². The predicted molar refractivity (Wildman–Crippen MR) is 69.3 cm³/mol. The summed E-state index contributed by atoms with van der Waals surface area (Å²) in [5.74, 6) is -0.965. The van der Waals surface area contributed by atoms with Crippen molar-refractivity contribution in [2.75, 3.05) is 6.54 Å². The van der Waals surface area contributed by atoms with Crippen molar-refractivity contribution in [1.29, 1.82) is 0 Å². The van der Waals surface area contributed by atoms with Crippen molar-refractivity contribution in [2.24, 2.45) is 0 Å². The zero-order valence-electron chi connectivity index (χ0n) is 11.9. The van der Waals surface area contributed by atoms with E-state index in [2.05, 4.69) is 5.32 Å². The second-order valence-corrected chi connectivity index (χ2v) is 6.29. The average Bonchev–Trinajstić information content (AvgIpc) is 2.58. The summed E-state index contributed by atoms with van der Waals surface area (Å²) in [5, 5.41) is 12.2. The molecule has 5 heteroatoms. The van der Waals surface area contributed by atoms with Crippen LogP contribution in [-0.2, 0) is 9.59 Å². The van der Waals surface area contributed by atoms with Crippen LogP contribution in [0.25, 0.3) is 0 Å². The maximum absolute atomic E-state index is 12.1. The van der Waals surface area contributed by atoms with E-state index < -0.39 is 17.6 Å². The first-order chi connectivity index (χ1) is 8.08. The number of likely N-dealkylation sites (tertiary alicyclic amines) is 1. The van der Waals surface area contributed by atoms with E-state index in [-0.39, 0.29) is 11.4 Å². The number of rotatable bonds is 3. The van der Waals surface area contributed by atoms with E-state index in [0.717, 1.165) is 6.42 Å². The molecule has 0 aromatic heterocycles. The van der Waals surface area contributed by atoms with Gasteiger partial charge in [0.2, 0.25) is 5.91 Å². The maximum atomic E-state index is 12.1. The average molecular weight is 256 g/mol. The van der Waals surface area contributed by atoms with Crippen LogP contribution in [0.3, 0.4) is 0 Å². The molecule has 2 atom stereocenters. The molecule has 2 N–H and O–H groups in total. The van der Waals surface area contributed by atoms with Crippen molar-refractivity contribution < 1.29 is 14.7 Å². The number of carboxylic acid groups (broad SMARTS) is 1. The lowest BCUT2D eigenvalue weighted by atomic mass is 9.97. The number of amides is 1. The van der Waals surface area contributed by atoms with Crippen molar-refractivity contribution in [1.82, 2.24) is 10.2 Å². The molecule has 1 heterocycles. The molecule has 0 aromatic carbocycles. The van der Waals surface area contributed by atoms with Crippen LogP contribution >= 0.6 is 0 Å². The fourth-order valence-corrected chi connectivity index (χ4v) is 2.45. The van der Waals surface area contributed by atoms with Crippen LogP contribution in [0, 0.1) is 0 Å². The van der Waals surface area contributed by atoms with E-state index in [1.54, 1.807) is 18.7 Å². The lowest BCUT2D eigenvalue weighted by Gasteiger charge is -2.36. The molecule has 0 bridgehead atoms. The summed E-state index contributed by atoms with van der Waals surface area (Å²) < 4.78 is 0. The fraction of sp³-hybridized carbons (Fsp3) is 0.846. The number of aliphatic carboxylic acids is 1. The molecule has 0 aliphatic carbocycles. The number of carbonyl (C=O) groups excluding carboxylic acids is 1. The van der Waals surface area contributed by atoms with Crippen LogP contribution in [0.15, 0.2) is 0 Å². The number of hydrogen-bond donors (Lipinski definition) is 2. The first-order valence-corrected chi connectivity index (χ1v) is 6.40. The Bertz CT molecular complexity index is 349. The summed E-state index contributed by atoms with van der Waals surface area (Å²) in [6.45, 7) is 9.87. The van der Waals surface area contributed by atoms with Gasteiger partial charge in [-0.05, 0) is 47.5 Å². The van der Waals surface area contributed by atoms with Gasteiger partial charge in [-0.25, -0.2) is 0 Å². The Balaban J connectivity index is 2.81. The standard InChI is InChI=1S/C13H24N2O3/c1-9(10(16)14-12(2,3)4)15-8-6-7-13(15,5)11(17)18/h9H,6-8H2,1-5H3,(H,14,16)(H,17,18). The molecule has 1 aliphatic rings. The minimum Gasteiger partial charge on any atom is -0.480 e. The summed E-state index contributed by atoms with van der Waals surface area (Å²) in [6.07, 6.45) is 1.41. The molecule has 0 saturated carbocycles. The molecular weight excluding hydrogens is 232 g/mol. The molecule has 1 amide bonds. The van der Waals surface area contributed by atoms with E-state index in [1.165, 1.54) is 0 Å². The van der Waals surface area contributed by atoms with E-state index in [4.69, 9.17) is 0 Å². The predicted octanol–water partition coefficient (Wildman–Crippen LogP) is 1.23. The van der Waals surface area contributed by atoms with Crippen LogP contribution in [0.1, 0.15) is 47.5 Å². The molecule has 1 saturated heterocycles. The maximum Gasteiger partial charge on any atom is 0.323 e. The minimum atomic E-state index is -0.922. The monoisotopic (exact) mass is 256 g/mol. The SMILES string of the molecule is CC(C(=O)NC(C)(C)C)N1CCCC1(C)C(=O)O. The van der Waals surface area contributed by atoms with Crippen molar-refractivity contribution in [2.45, 2.75) is 64.6 Å². The first kappa shape index (κ1) is 15.0. The summed E-state index contributed by atoms with van der Waals surface area (Å²) in [4.78, 5) is 25.3. The highest BCUT2D eigenvalue weighted by atomic mass is 16.4. The van der Waals surface area contributed by atoms with E-state index >= 15 is 0 Å². The Morgan fingerprint density at radius 3 is 2.39 bits per heavy atom. The third-order valence-corrected chi connectivity index (χ3v) is 3.50. The van der Waals surface area contributed by atoms with Gasteiger partial charge in [-0.15, -0.1) is 0 Å². The molecule has 1 aliphatic heterocycles. The van der Waals surface area contributed by atoms with Gasteiger partial charge in [0, 0.05) is 12.1 Å². The Labute approximate surface area is 109 Å². The molecular formula is C13H24N2O3. The van der Waals surface area contributed by atoms with Crippen molar-refractivity contribution >= 4 is 11.9 Å². The Morgan fingerprint density at radius 1 is 1.39 bits per heavy atom. The summed E-state index contributed by atoms with van der Waals surface area (Å²) in [7, 11) is 0. The van der Waals surface area contributed by atoms with E-state index in [1.807, 2.05) is 20.8 Å². The molecule has 0 radical (unpaired) electrons. The molecule has 18 heavy (non-hydrogen) atoms. The van der Waals surface area contributed by atoms with Crippen molar-refractivity contribution in [3.63, 3.8) is 0 Å².